The van der Waals surface area contributed by atoms with Crippen molar-refractivity contribution in [2.24, 2.45) is 0 Å². The standard InChI is InChI=1S/C20H22N2O2/c1-16-7-6-10-18(13-16)23-12-11-22(2)15-20-21-14-19(24-20)17-8-4-3-5-9-17/h3-10,13-14H,11-12,15H2,1-2H3. The van der Waals surface area contributed by atoms with Crippen molar-refractivity contribution in [2.75, 3.05) is 20.2 Å². The second-order valence-electron chi connectivity index (χ2n) is 5.89. The molecule has 0 saturated heterocycles. The second kappa shape index (κ2) is 7.79. The lowest BCUT2D eigenvalue weighted by molar-refractivity contribution is 0.220. The Bertz CT molecular complexity index is 768. The number of ether oxygens (including phenoxy) is 1. The molecule has 0 radical (unpaired) electrons. The molecule has 0 N–H and O–H groups in total. The van der Waals surface area contributed by atoms with Crippen LogP contribution in [0.2, 0.25) is 0 Å². The maximum Gasteiger partial charge on any atom is 0.209 e. The third kappa shape index (κ3) is 4.46. The first-order chi connectivity index (χ1) is 11.7. The zero-order chi connectivity index (χ0) is 16.8. The molecule has 0 amide bonds. The number of aromatic nitrogens is 1. The average Bonchev–Trinajstić information content (AvgIpc) is 3.04. The van der Waals surface area contributed by atoms with Gasteiger partial charge < -0.3 is 9.15 Å². The van der Waals surface area contributed by atoms with Gasteiger partial charge >= 0.3 is 0 Å². The van der Waals surface area contributed by atoms with Gasteiger partial charge in [0.1, 0.15) is 12.4 Å². The van der Waals surface area contributed by atoms with Crippen LogP contribution in [0.4, 0.5) is 0 Å². The number of benzene rings is 2. The molecular weight excluding hydrogens is 300 g/mol. The number of likely N-dealkylation sites (N-methyl/N-ethyl adjacent to an activating group) is 1. The van der Waals surface area contributed by atoms with Crippen molar-refractivity contribution in [1.82, 2.24) is 9.88 Å². The Morgan fingerprint density at radius 1 is 1.08 bits per heavy atom. The van der Waals surface area contributed by atoms with E-state index in [2.05, 4.69) is 22.9 Å². The first-order valence-electron chi connectivity index (χ1n) is 8.09. The van der Waals surface area contributed by atoms with Gasteiger partial charge in [0.15, 0.2) is 5.76 Å². The van der Waals surface area contributed by atoms with E-state index in [-0.39, 0.29) is 0 Å². The summed E-state index contributed by atoms with van der Waals surface area (Å²) in [6.45, 7) is 4.15. The smallest absolute Gasteiger partial charge is 0.209 e. The molecule has 0 saturated carbocycles. The van der Waals surface area contributed by atoms with Gasteiger partial charge in [-0.15, -0.1) is 0 Å². The SMILES string of the molecule is Cc1cccc(OCCN(C)Cc2ncc(-c3ccccc3)o2)c1. The summed E-state index contributed by atoms with van der Waals surface area (Å²) in [5.74, 6) is 2.42. The van der Waals surface area contributed by atoms with Crippen molar-refractivity contribution in [3.63, 3.8) is 0 Å². The second-order valence-corrected chi connectivity index (χ2v) is 5.89. The summed E-state index contributed by atoms with van der Waals surface area (Å²) in [5, 5.41) is 0. The summed E-state index contributed by atoms with van der Waals surface area (Å²) in [4.78, 5) is 6.50. The Balaban J connectivity index is 1.48. The first-order valence-corrected chi connectivity index (χ1v) is 8.09. The molecule has 1 heterocycles. The maximum atomic E-state index is 5.83. The lowest BCUT2D eigenvalue weighted by atomic mass is 10.2. The Kier molecular flexibility index (Phi) is 5.29. The molecule has 0 bridgehead atoms. The topological polar surface area (TPSA) is 38.5 Å². The summed E-state index contributed by atoms with van der Waals surface area (Å²) in [6, 6.07) is 18.1. The van der Waals surface area contributed by atoms with E-state index in [0.29, 0.717) is 19.0 Å². The minimum absolute atomic E-state index is 0.631. The van der Waals surface area contributed by atoms with Gasteiger partial charge in [-0.3, -0.25) is 4.90 Å². The summed E-state index contributed by atoms with van der Waals surface area (Å²) in [7, 11) is 2.03. The number of aryl methyl sites for hydroxylation is 1. The van der Waals surface area contributed by atoms with Crippen molar-refractivity contribution >= 4 is 0 Å². The minimum atomic E-state index is 0.631. The molecule has 1 aromatic heterocycles. The van der Waals surface area contributed by atoms with Crippen LogP contribution in [-0.2, 0) is 6.54 Å². The van der Waals surface area contributed by atoms with E-state index >= 15 is 0 Å². The lowest BCUT2D eigenvalue weighted by Crippen LogP contribution is -2.24. The van der Waals surface area contributed by atoms with Crippen LogP contribution in [0.3, 0.4) is 0 Å². The highest BCUT2D eigenvalue weighted by Crippen LogP contribution is 2.20. The van der Waals surface area contributed by atoms with Gasteiger partial charge in [-0.05, 0) is 31.7 Å². The Morgan fingerprint density at radius 2 is 1.92 bits per heavy atom. The molecular formula is C20H22N2O2. The average molecular weight is 322 g/mol. The number of rotatable bonds is 7. The third-order valence-corrected chi connectivity index (χ3v) is 3.75. The van der Waals surface area contributed by atoms with Crippen LogP contribution in [-0.4, -0.2) is 30.1 Å². The van der Waals surface area contributed by atoms with Crippen molar-refractivity contribution in [3.8, 4) is 17.1 Å². The molecule has 124 valence electrons. The zero-order valence-electron chi connectivity index (χ0n) is 14.1. The largest absolute Gasteiger partial charge is 0.492 e. The van der Waals surface area contributed by atoms with E-state index < -0.39 is 0 Å². The summed E-state index contributed by atoms with van der Waals surface area (Å²) in [5.41, 5.74) is 2.25. The maximum absolute atomic E-state index is 5.83. The van der Waals surface area contributed by atoms with Crippen LogP contribution in [0.1, 0.15) is 11.5 Å². The zero-order valence-corrected chi connectivity index (χ0v) is 14.1. The van der Waals surface area contributed by atoms with Crippen LogP contribution in [0, 0.1) is 6.92 Å². The number of hydrogen-bond acceptors (Lipinski definition) is 4. The van der Waals surface area contributed by atoms with E-state index in [0.717, 1.165) is 23.6 Å². The molecule has 0 aliphatic rings. The quantitative estimate of drug-likeness (QED) is 0.655. The molecule has 0 fully saturated rings. The van der Waals surface area contributed by atoms with E-state index in [4.69, 9.17) is 9.15 Å². The molecule has 0 atom stereocenters. The van der Waals surface area contributed by atoms with Crippen LogP contribution >= 0.6 is 0 Å². The molecule has 0 unspecified atom stereocenters. The Morgan fingerprint density at radius 3 is 2.71 bits per heavy atom. The molecule has 24 heavy (non-hydrogen) atoms. The normalized spacial score (nSPS) is 11.0. The molecule has 3 rings (SSSR count). The predicted molar refractivity (Wildman–Crippen MR) is 94.9 cm³/mol. The van der Waals surface area contributed by atoms with Gasteiger partial charge in [0.05, 0.1) is 12.7 Å². The Labute approximate surface area is 142 Å². The molecule has 2 aromatic carbocycles. The highest BCUT2D eigenvalue weighted by molar-refractivity contribution is 5.55. The van der Waals surface area contributed by atoms with E-state index in [1.807, 2.05) is 55.6 Å². The van der Waals surface area contributed by atoms with E-state index in [1.54, 1.807) is 6.20 Å². The molecule has 0 spiro atoms. The van der Waals surface area contributed by atoms with Crippen molar-refractivity contribution in [3.05, 3.63) is 72.2 Å². The summed E-state index contributed by atoms with van der Waals surface area (Å²) >= 11 is 0. The Hall–Kier alpha value is -2.59. The summed E-state index contributed by atoms with van der Waals surface area (Å²) in [6.07, 6.45) is 1.78. The molecule has 0 aliphatic heterocycles. The highest BCUT2D eigenvalue weighted by atomic mass is 16.5. The van der Waals surface area contributed by atoms with Crippen LogP contribution in [0.15, 0.2) is 65.2 Å². The lowest BCUT2D eigenvalue weighted by Gasteiger charge is -2.15. The minimum Gasteiger partial charge on any atom is -0.492 e. The van der Waals surface area contributed by atoms with Crippen molar-refractivity contribution in [1.29, 1.82) is 0 Å². The monoisotopic (exact) mass is 322 g/mol. The van der Waals surface area contributed by atoms with Crippen LogP contribution in [0.25, 0.3) is 11.3 Å². The van der Waals surface area contributed by atoms with Crippen LogP contribution < -0.4 is 4.74 Å². The highest BCUT2D eigenvalue weighted by Gasteiger charge is 2.08. The van der Waals surface area contributed by atoms with Gasteiger partial charge in [-0.25, -0.2) is 4.98 Å². The van der Waals surface area contributed by atoms with Gasteiger partial charge in [0, 0.05) is 12.1 Å². The molecule has 4 nitrogen and oxygen atoms in total. The number of nitrogens with zero attached hydrogens (tertiary/aromatic N) is 2. The third-order valence-electron chi connectivity index (χ3n) is 3.75. The number of hydrogen-bond donors (Lipinski definition) is 0. The fraction of sp³-hybridized carbons (Fsp3) is 0.250. The van der Waals surface area contributed by atoms with Crippen molar-refractivity contribution in [2.45, 2.75) is 13.5 Å². The fourth-order valence-corrected chi connectivity index (χ4v) is 2.45. The van der Waals surface area contributed by atoms with E-state index in [1.165, 1.54) is 5.56 Å². The fourth-order valence-electron chi connectivity index (χ4n) is 2.45. The van der Waals surface area contributed by atoms with Gasteiger partial charge in [0.2, 0.25) is 5.89 Å². The summed E-state index contributed by atoms with van der Waals surface area (Å²) < 4.78 is 11.6. The van der Waals surface area contributed by atoms with Gasteiger partial charge in [-0.2, -0.15) is 0 Å². The number of oxazole rings is 1. The molecule has 4 heteroatoms. The van der Waals surface area contributed by atoms with E-state index in [9.17, 15) is 0 Å². The van der Waals surface area contributed by atoms with Crippen LogP contribution in [0.5, 0.6) is 5.75 Å². The van der Waals surface area contributed by atoms with Gasteiger partial charge in [-0.1, -0.05) is 42.5 Å². The predicted octanol–water partition coefficient (Wildman–Crippen LogP) is 4.16. The molecule has 3 aromatic rings. The van der Waals surface area contributed by atoms with Gasteiger partial charge in [0.25, 0.3) is 0 Å². The molecule has 0 aliphatic carbocycles. The van der Waals surface area contributed by atoms with Crippen molar-refractivity contribution < 1.29 is 9.15 Å². The first kappa shape index (κ1) is 16.3.